The first-order chi connectivity index (χ1) is 9.72. The van der Waals surface area contributed by atoms with E-state index in [0.29, 0.717) is 29.5 Å². The number of hydrogen-bond donors (Lipinski definition) is 1. The second-order valence-electron chi connectivity index (χ2n) is 5.21. The van der Waals surface area contributed by atoms with Crippen LogP contribution in [0.5, 0.6) is 11.5 Å². The molecule has 0 bridgehead atoms. The number of hydrogen-bond acceptors (Lipinski definition) is 4. The molecule has 1 aromatic carbocycles. The van der Waals surface area contributed by atoms with Crippen LogP contribution in [-0.4, -0.2) is 32.6 Å². The zero-order chi connectivity index (χ0) is 14.4. The molecular formula is C16H23NO3. The molecule has 0 radical (unpaired) electrons. The lowest BCUT2D eigenvalue weighted by atomic mass is 9.97. The number of ether oxygens (including phenoxy) is 2. The van der Waals surface area contributed by atoms with E-state index in [-0.39, 0.29) is 5.78 Å². The standard InChI is InChI=1S/C16H23NO3/c1-19-14-9-12(10-15(11-14)20-2)16(18)7-6-13-5-3-4-8-17-13/h9-11,13,17H,3-8H2,1-2H3. The molecule has 1 N–H and O–H groups in total. The van der Waals surface area contributed by atoms with Crippen molar-refractivity contribution in [3.05, 3.63) is 23.8 Å². The van der Waals surface area contributed by atoms with Gasteiger partial charge in [-0.2, -0.15) is 0 Å². The molecule has 0 amide bonds. The minimum absolute atomic E-state index is 0.148. The van der Waals surface area contributed by atoms with Crippen LogP contribution in [0.15, 0.2) is 18.2 Å². The first kappa shape index (κ1) is 14.9. The molecule has 0 spiro atoms. The lowest BCUT2D eigenvalue weighted by molar-refractivity contribution is 0.0973. The van der Waals surface area contributed by atoms with Gasteiger partial charge in [-0.25, -0.2) is 0 Å². The van der Waals surface area contributed by atoms with Crippen molar-refractivity contribution in [2.45, 2.75) is 38.1 Å². The molecule has 4 heteroatoms. The molecule has 1 heterocycles. The highest BCUT2D eigenvalue weighted by Crippen LogP contribution is 2.24. The third kappa shape index (κ3) is 3.97. The van der Waals surface area contributed by atoms with Crippen molar-refractivity contribution < 1.29 is 14.3 Å². The van der Waals surface area contributed by atoms with Crippen molar-refractivity contribution >= 4 is 5.78 Å². The summed E-state index contributed by atoms with van der Waals surface area (Å²) in [5.41, 5.74) is 0.664. The zero-order valence-corrected chi connectivity index (χ0v) is 12.3. The van der Waals surface area contributed by atoms with Gasteiger partial charge in [0.15, 0.2) is 5.78 Å². The van der Waals surface area contributed by atoms with E-state index in [9.17, 15) is 4.79 Å². The fraction of sp³-hybridized carbons (Fsp3) is 0.562. The topological polar surface area (TPSA) is 47.6 Å². The van der Waals surface area contributed by atoms with Gasteiger partial charge in [0.05, 0.1) is 14.2 Å². The molecule has 4 nitrogen and oxygen atoms in total. The van der Waals surface area contributed by atoms with Crippen LogP contribution in [0.3, 0.4) is 0 Å². The Hall–Kier alpha value is -1.55. The second kappa shape index (κ2) is 7.29. The van der Waals surface area contributed by atoms with Crippen LogP contribution in [0, 0.1) is 0 Å². The Bertz CT molecular complexity index is 431. The van der Waals surface area contributed by atoms with E-state index in [0.717, 1.165) is 13.0 Å². The van der Waals surface area contributed by atoms with Crippen molar-refractivity contribution in [3.63, 3.8) is 0 Å². The number of carbonyl (C=O) groups excluding carboxylic acids is 1. The predicted molar refractivity (Wildman–Crippen MR) is 78.8 cm³/mol. The number of nitrogens with one attached hydrogen (secondary N) is 1. The van der Waals surface area contributed by atoms with Crippen LogP contribution in [-0.2, 0) is 0 Å². The summed E-state index contributed by atoms with van der Waals surface area (Å²) in [6.07, 6.45) is 5.15. The Balaban J connectivity index is 1.97. The van der Waals surface area contributed by atoms with Crippen molar-refractivity contribution in [2.24, 2.45) is 0 Å². The summed E-state index contributed by atoms with van der Waals surface area (Å²) >= 11 is 0. The lowest BCUT2D eigenvalue weighted by Crippen LogP contribution is -2.34. The summed E-state index contributed by atoms with van der Waals surface area (Å²) in [5, 5.41) is 3.47. The van der Waals surface area contributed by atoms with E-state index >= 15 is 0 Å². The van der Waals surface area contributed by atoms with Gasteiger partial charge in [-0.3, -0.25) is 4.79 Å². The van der Waals surface area contributed by atoms with Gasteiger partial charge in [0, 0.05) is 24.1 Å². The SMILES string of the molecule is COc1cc(OC)cc(C(=O)CCC2CCCCN2)c1. The van der Waals surface area contributed by atoms with Gasteiger partial charge in [-0.15, -0.1) is 0 Å². The van der Waals surface area contributed by atoms with Crippen molar-refractivity contribution in [1.82, 2.24) is 5.32 Å². The van der Waals surface area contributed by atoms with Crippen LogP contribution in [0.1, 0.15) is 42.5 Å². The van der Waals surface area contributed by atoms with E-state index in [1.807, 2.05) is 0 Å². The molecule has 2 rings (SSSR count). The van der Waals surface area contributed by atoms with Gasteiger partial charge < -0.3 is 14.8 Å². The van der Waals surface area contributed by atoms with E-state index in [2.05, 4.69) is 5.32 Å². The number of Topliss-reactive ketones (excluding diaryl/α,β-unsaturated/α-hetero) is 1. The molecule has 1 unspecified atom stereocenters. The molecule has 110 valence electrons. The molecule has 1 aliphatic rings. The summed E-state index contributed by atoms with van der Waals surface area (Å²) in [6.45, 7) is 1.08. The van der Waals surface area contributed by atoms with Gasteiger partial charge in [0.2, 0.25) is 0 Å². The maximum atomic E-state index is 12.3. The highest BCUT2D eigenvalue weighted by atomic mass is 16.5. The summed E-state index contributed by atoms with van der Waals surface area (Å²) in [5.74, 6) is 1.46. The number of carbonyl (C=O) groups is 1. The molecule has 20 heavy (non-hydrogen) atoms. The van der Waals surface area contributed by atoms with Gasteiger partial charge in [-0.05, 0) is 37.9 Å². The summed E-state index contributed by atoms with van der Waals surface area (Å²) < 4.78 is 10.4. The normalized spacial score (nSPS) is 18.6. The molecule has 1 fully saturated rings. The minimum atomic E-state index is 0.148. The molecular weight excluding hydrogens is 254 g/mol. The average molecular weight is 277 g/mol. The Kier molecular flexibility index (Phi) is 5.41. The van der Waals surface area contributed by atoms with Crippen LogP contribution >= 0.6 is 0 Å². The largest absolute Gasteiger partial charge is 0.497 e. The van der Waals surface area contributed by atoms with Gasteiger partial charge in [-0.1, -0.05) is 6.42 Å². The highest BCUT2D eigenvalue weighted by molar-refractivity contribution is 5.96. The molecule has 1 aromatic rings. The van der Waals surface area contributed by atoms with Gasteiger partial charge in [0.1, 0.15) is 11.5 Å². The summed E-state index contributed by atoms with van der Waals surface area (Å²) in [6, 6.07) is 5.82. The van der Waals surface area contributed by atoms with Crippen LogP contribution < -0.4 is 14.8 Å². The van der Waals surface area contributed by atoms with E-state index in [4.69, 9.17) is 9.47 Å². The van der Waals surface area contributed by atoms with Crippen LogP contribution in [0.4, 0.5) is 0 Å². The Morgan fingerprint density at radius 3 is 2.45 bits per heavy atom. The van der Waals surface area contributed by atoms with E-state index < -0.39 is 0 Å². The molecule has 1 saturated heterocycles. The van der Waals surface area contributed by atoms with Crippen molar-refractivity contribution in [1.29, 1.82) is 0 Å². The quantitative estimate of drug-likeness (QED) is 0.812. The van der Waals surface area contributed by atoms with Crippen LogP contribution in [0.2, 0.25) is 0 Å². The monoisotopic (exact) mass is 277 g/mol. The third-order valence-corrected chi connectivity index (χ3v) is 3.81. The van der Waals surface area contributed by atoms with E-state index in [1.165, 1.54) is 19.3 Å². The highest BCUT2D eigenvalue weighted by Gasteiger charge is 2.16. The van der Waals surface area contributed by atoms with Crippen molar-refractivity contribution in [3.8, 4) is 11.5 Å². The number of ketones is 1. The first-order valence-corrected chi connectivity index (χ1v) is 7.22. The van der Waals surface area contributed by atoms with Gasteiger partial charge in [0.25, 0.3) is 0 Å². The zero-order valence-electron chi connectivity index (χ0n) is 12.3. The maximum absolute atomic E-state index is 12.3. The Morgan fingerprint density at radius 2 is 1.90 bits per heavy atom. The minimum Gasteiger partial charge on any atom is -0.497 e. The molecule has 0 aliphatic carbocycles. The first-order valence-electron chi connectivity index (χ1n) is 7.22. The fourth-order valence-corrected chi connectivity index (χ4v) is 2.59. The molecule has 1 aliphatic heterocycles. The smallest absolute Gasteiger partial charge is 0.163 e. The molecule has 1 atom stereocenters. The average Bonchev–Trinajstić information content (AvgIpc) is 2.52. The predicted octanol–water partition coefficient (Wildman–Crippen LogP) is 2.81. The number of piperidine rings is 1. The number of benzene rings is 1. The Labute approximate surface area is 120 Å². The lowest BCUT2D eigenvalue weighted by Gasteiger charge is -2.23. The molecule has 0 aromatic heterocycles. The fourth-order valence-electron chi connectivity index (χ4n) is 2.59. The molecule has 0 saturated carbocycles. The summed E-state index contributed by atoms with van der Waals surface area (Å²) in [4.78, 5) is 12.3. The third-order valence-electron chi connectivity index (χ3n) is 3.81. The van der Waals surface area contributed by atoms with Crippen LogP contribution in [0.25, 0.3) is 0 Å². The number of methoxy groups -OCH3 is 2. The Morgan fingerprint density at radius 1 is 1.20 bits per heavy atom. The number of rotatable bonds is 6. The summed E-state index contributed by atoms with van der Waals surface area (Å²) in [7, 11) is 3.18. The van der Waals surface area contributed by atoms with E-state index in [1.54, 1.807) is 32.4 Å². The second-order valence-corrected chi connectivity index (χ2v) is 5.21. The maximum Gasteiger partial charge on any atom is 0.163 e. The van der Waals surface area contributed by atoms with Crippen molar-refractivity contribution in [2.75, 3.05) is 20.8 Å². The van der Waals surface area contributed by atoms with Gasteiger partial charge >= 0.3 is 0 Å².